The number of phenolic OH excluding ortho intramolecular Hbond substituents is 1. The summed E-state index contributed by atoms with van der Waals surface area (Å²) in [6.45, 7) is 2.17. The third kappa shape index (κ3) is 3.43. The largest absolute Gasteiger partial charge is 0.508 e. The minimum absolute atomic E-state index is 0.0142. The molecule has 1 aromatic carbocycles. The number of hydrogen-bond acceptors (Lipinski definition) is 4. The quantitative estimate of drug-likeness (QED) is 0.795. The van der Waals surface area contributed by atoms with E-state index in [-0.39, 0.29) is 17.4 Å². The van der Waals surface area contributed by atoms with E-state index in [9.17, 15) is 9.90 Å². The van der Waals surface area contributed by atoms with Crippen molar-refractivity contribution in [3.8, 4) is 11.5 Å². The Morgan fingerprint density at radius 2 is 2.12 bits per heavy atom. The molecule has 0 fully saturated rings. The van der Waals surface area contributed by atoms with Crippen LogP contribution in [0.1, 0.15) is 17.3 Å². The molecule has 2 N–H and O–H groups in total. The van der Waals surface area contributed by atoms with E-state index >= 15 is 0 Å². The molecule has 0 aliphatic heterocycles. The van der Waals surface area contributed by atoms with Crippen molar-refractivity contribution in [3.05, 3.63) is 23.8 Å². The van der Waals surface area contributed by atoms with Gasteiger partial charge < -0.3 is 19.7 Å². The molecule has 5 nitrogen and oxygen atoms in total. The highest BCUT2D eigenvalue weighted by Crippen LogP contribution is 2.22. The van der Waals surface area contributed by atoms with E-state index in [1.165, 1.54) is 12.1 Å². The third-order valence-electron chi connectivity index (χ3n) is 1.88. The molecule has 1 aromatic rings. The molecule has 0 saturated heterocycles. The molecular weight excluding hydrogens is 212 g/mol. The van der Waals surface area contributed by atoms with Gasteiger partial charge in [-0.1, -0.05) is 0 Å². The van der Waals surface area contributed by atoms with Gasteiger partial charge in [-0.3, -0.25) is 0 Å². The molecule has 0 aliphatic rings. The van der Waals surface area contributed by atoms with Gasteiger partial charge in [0.25, 0.3) is 0 Å². The molecule has 1 unspecified atom stereocenters. The smallest absolute Gasteiger partial charge is 0.335 e. The highest BCUT2D eigenvalue weighted by Gasteiger charge is 2.09. The minimum atomic E-state index is -1.11. The molecule has 0 heterocycles. The van der Waals surface area contributed by atoms with Crippen LogP contribution in [0.2, 0.25) is 0 Å². The average Bonchev–Trinajstić information content (AvgIpc) is 2.16. The van der Waals surface area contributed by atoms with Crippen LogP contribution in [0.4, 0.5) is 0 Å². The SMILES string of the molecule is COCC(C)Oc1cc(O)cc(C(=O)O)c1. The van der Waals surface area contributed by atoms with E-state index in [0.717, 1.165) is 6.07 Å². The zero-order valence-electron chi connectivity index (χ0n) is 9.14. The Morgan fingerprint density at radius 1 is 1.44 bits per heavy atom. The lowest BCUT2D eigenvalue weighted by atomic mass is 10.2. The summed E-state index contributed by atoms with van der Waals surface area (Å²) in [6, 6.07) is 3.88. The molecule has 1 atom stereocenters. The summed E-state index contributed by atoms with van der Waals surface area (Å²) in [7, 11) is 1.55. The van der Waals surface area contributed by atoms with Gasteiger partial charge in [-0.05, 0) is 19.1 Å². The van der Waals surface area contributed by atoms with Crippen molar-refractivity contribution < 1.29 is 24.5 Å². The first-order valence-electron chi connectivity index (χ1n) is 4.76. The van der Waals surface area contributed by atoms with Crippen LogP contribution >= 0.6 is 0 Å². The number of hydrogen-bond donors (Lipinski definition) is 2. The number of phenols is 1. The first-order chi connectivity index (χ1) is 7.52. The van der Waals surface area contributed by atoms with Crippen molar-refractivity contribution in [1.29, 1.82) is 0 Å². The van der Waals surface area contributed by atoms with Crippen LogP contribution in [0, 0.1) is 0 Å². The molecule has 0 radical (unpaired) electrons. The van der Waals surface area contributed by atoms with Crippen LogP contribution in [0.15, 0.2) is 18.2 Å². The molecule has 0 bridgehead atoms. The molecule has 5 heteroatoms. The molecule has 0 saturated carbocycles. The van der Waals surface area contributed by atoms with Crippen molar-refractivity contribution >= 4 is 5.97 Å². The Kier molecular flexibility index (Phi) is 4.13. The summed E-state index contributed by atoms with van der Waals surface area (Å²) in [6.07, 6.45) is -0.214. The van der Waals surface area contributed by atoms with E-state index in [2.05, 4.69) is 0 Å². The molecule has 0 spiro atoms. The number of ether oxygens (including phenoxy) is 2. The Hall–Kier alpha value is -1.75. The number of methoxy groups -OCH3 is 1. The van der Waals surface area contributed by atoms with E-state index in [0.29, 0.717) is 12.4 Å². The van der Waals surface area contributed by atoms with Crippen LogP contribution in [0.5, 0.6) is 11.5 Å². The Balaban J connectivity index is 2.84. The highest BCUT2D eigenvalue weighted by molar-refractivity contribution is 5.88. The molecule has 0 aliphatic carbocycles. The molecular formula is C11H14O5. The molecule has 16 heavy (non-hydrogen) atoms. The maximum absolute atomic E-state index is 10.7. The fourth-order valence-electron chi connectivity index (χ4n) is 1.28. The number of aromatic hydroxyl groups is 1. The minimum Gasteiger partial charge on any atom is -0.508 e. The monoisotopic (exact) mass is 226 g/mol. The fraction of sp³-hybridized carbons (Fsp3) is 0.364. The zero-order valence-corrected chi connectivity index (χ0v) is 9.14. The van der Waals surface area contributed by atoms with Crippen LogP contribution in [-0.2, 0) is 4.74 Å². The Morgan fingerprint density at radius 3 is 2.69 bits per heavy atom. The fourth-order valence-corrected chi connectivity index (χ4v) is 1.28. The first kappa shape index (κ1) is 12.3. The van der Waals surface area contributed by atoms with Gasteiger partial charge in [0, 0.05) is 13.2 Å². The van der Waals surface area contributed by atoms with Crippen molar-refractivity contribution in [2.45, 2.75) is 13.0 Å². The average molecular weight is 226 g/mol. The lowest BCUT2D eigenvalue weighted by molar-refractivity contribution is 0.0693. The lowest BCUT2D eigenvalue weighted by Crippen LogP contribution is -2.18. The van der Waals surface area contributed by atoms with Crippen molar-refractivity contribution in [1.82, 2.24) is 0 Å². The van der Waals surface area contributed by atoms with Crippen LogP contribution in [-0.4, -0.2) is 36.0 Å². The van der Waals surface area contributed by atoms with Gasteiger partial charge in [-0.25, -0.2) is 4.79 Å². The maximum Gasteiger partial charge on any atom is 0.335 e. The van der Waals surface area contributed by atoms with Gasteiger partial charge in [0.05, 0.1) is 12.2 Å². The standard InChI is InChI=1S/C11H14O5/c1-7(6-15-2)16-10-4-8(11(13)14)3-9(12)5-10/h3-5,7,12H,6H2,1-2H3,(H,13,14). The van der Waals surface area contributed by atoms with Crippen molar-refractivity contribution in [2.24, 2.45) is 0 Å². The third-order valence-corrected chi connectivity index (χ3v) is 1.88. The van der Waals surface area contributed by atoms with Gasteiger partial charge in [-0.15, -0.1) is 0 Å². The van der Waals surface area contributed by atoms with E-state index in [1.54, 1.807) is 14.0 Å². The predicted octanol–water partition coefficient (Wildman–Crippen LogP) is 1.50. The second-order valence-corrected chi connectivity index (χ2v) is 3.40. The van der Waals surface area contributed by atoms with Crippen LogP contribution in [0.25, 0.3) is 0 Å². The van der Waals surface area contributed by atoms with Gasteiger partial charge in [-0.2, -0.15) is 0 Å². The summed E-state index contributed by atoms with van der Waals surface area (Å²) in [5, 5.41) is 18.1. The van der Waals surface area contributed by atoms with E-state index in [4.69, 9.17) is 14.6 Å². The summed E-state index contributed by atoms with van der Waals surface area (Å²) in [5.41, 5.74) is -0.0142. The summed E-state index contributed by atoms with van der Waals surface area (Å²) < 4.78 is 10.3. The molecule has 1 rings (SSSR count). The summed E-state index contributed by atoms with van der Waals surface area (Å²) in [4.78, 5) is 10.7. The van der Waals surface area contributed by atoms with Gasteiger partial charge in [0.15, 0.2) is 0 Å². The van der Waals surface area contributed by atoms with Crippen LogP contribution in [0.3, 0.4) is 0 Å². The van der Waals surface area contributed by atoms with Gasteiger partial charge in [0.2, 0.25) is 0 Å². The summed E-state index contributed by atoms with van der Waals surface area (Å²) in [5.74, 6) is -0.943. The number of carboxylic acids is 1. The topological polar surface area (TPSA) is 76.0 Å². The van der Waals surface area contributed by atoms with Crippen molar-refractivity contribution in [3.63, 3.8) is 0 Å². The Bertz CT molecular complexity index is 375. The number of carbonyl (C=O) groups is 1. The molecule has 88 valence electrons. The highest BCUT2D eigenvalue weighted by atomic mass is 16.5. The zero-order chi connectivity index (χ0) is 12.1. The lowest BCUT2D eigenvalue weighted by Gasteiger charge is -2.14. The second-order valence-electron chi connectivity index (χ2n) is 3.40. The number of carboxylic acid groups (broad SMARTS) is 1. The maximum atomic E-state index is 10.7. The molecule has 0 aromatic heterocycles. The van der Waals surface area contributed by atoms with Crippen LogP contribution < -0.4 is 4.74 Å². The van der Waals surface area contributed by atoms with E-state index < -0.39 is 5.97 Å². The predicted molar refractivity (Wildman–Crippen MR) is 57.0 cm³/mol. The normalized spacial score (nSPS) is 12.1. The van der Waals surface area contributed by atoms with E-state index in [1.807, 2.05) is 0 Å². The number of rotatable bonds is 5. The molecule has 0 amide bonds. The second kappa shape index (κ2) is 5.37. The number of aromatic carboxylic acids is 1. The Labute approximate surface area is 93.2 Å². The van der Waals surface area contributed by atoms with Gasteiger partial charge >= 0.3 is 5.97 Å². The van der Waals surface area contributed by atoms with Crippen molar-refractivity contribution in [2.75, 3.05) is 13.7 Å². The number of benzene rings is 1. The summed E-state index contributed by atoms with van der Waals surface area (Å²) >= 11 is 0. The van der Waals surface area contributed by atoms with Gasteiger partial charge in [0.1, 0.15) is 17.6 Å². The first-order valence-corrected chi connectivity index (χ1v) is 4.76.